The van der Waals surface area contributed by atoms with Crippen LogP contribution in [0.2, 0.25) is 0 Å². The van der Waals surface area contributed by atoms with Gasteiger partial charge in [-0.2, -0.15) is 0 Å². The predicted octanol–water partition coefficient (Wildman–Crippen LogP) is 0.226. The first kappa shape index (κ1) is 15.4. The summed E-state index contributed by atoms with van der Waals surface area (Å²) in [6.45, 7) is 2.05. The Kier molecular flexibility index (Phi) is 7.75. The molecule has 0 aromatic carbocycles. The van der Waals surface area contributed by atoms with Gasteiger partial charge in [-0.05, 0) is 12.8 Å². The smallest absolute Gasteiger partial charge is 0.323 e. The maximum atomic E-state index is 11.7. The van der Waals surface area contributed by atoms with Crippen LogP contribution in [0.5, 0.6) is 0 Å². The van der Waals surface area contributed by atoms with Gasteiger partial charge in [-0.15, -0.1) is 0 Å². The van der Waals surface area contributed by atoms with Crippen LogP contribution in [0.25, 0.3) is 0 Å². The molecule has 0 aliphatic heterocycles. The lowest BCUT2D eigenvalue weighted by Gasteiger charge is -2.19. The van der Waals surface area contributed by atoms with E-state index in [4.69, 9.17) is 5.11 Å². The van der Waals surface area contributed by atoms with Gasteiger partial charge in [0.05, 0.1) is 0 Å². The minimum absolute atomic E-state index is 0.113. The largest absolute Gasteiger partial charge is 0.480 e. The molecule has 0 atom stereocenters. The molecule has 6 heteroatoms. The van der Waals surface area contributed by atoms with Gasteiger partial charge in [0.1, 0.15) is 6.54 Å². The summed E-state index contributed by atoms with van der Waals surface area (Å²) in [5.74, 6) is -1.34. The van der Waals surface area contributed by atoms with Crippen molar-refractivity contribution in [3.8, 4) is 0 Å². The molecule has 2 amide bonds. The fraction of sp³-hybridized carbons (Fsp3) is 0.727. The molecule has 0 aromatic heterocycles. The molecule has 0 heterocycles. The molecular weight excluding hydrogens is 224 g/mol. The third-order valence-corrected chi connectivity index (χ3v) is 2.25. The van der Waals surface area contributed by atoms with Gasteiger partial charge in [-0.3, -0.25) is 14.4 Å². The SMILES string of the molecule is CCCN(CC(=O)O)C(=O)CCCC(=O)NC. The fourth-order valence-electron chi connectivity index (χ4n) is 1.41. The van der Waals surface area contributed by atoms with Crippen LogP contribution in [0.3, 0.4) is 0 Å². The number of amides is 2. The lowest BCUT2D eigenvalue weighted by atomic mass is 10.2. The van der Waals surface area contributed by atoms with Crippen molar-refractivity contribution in [3.05, 3.63) is 0 Å². The minimum atomic E-state index is -1.02. The number of nitrogens with one attached hydrogen (secondary N) is 1. The van der Waals surface area contributed by atoms with Gasteiger partial charge < -0.3 is 15.3 Å². The van der Waals surface area contributed by atoms with Crippen molar-refractivity contribution in [3.63, 3.8) is 0 Å². The Morgan fingerprint density at radius 3 is 2.35 bits per heavy atom. The standard InChI is InChI=1S/C11H20N2O4/c1-3-7-13(8-11(16)17)10(15)6-4-5-9(14)12-2/h3-8H2,1-2H3,(H,12,14)(H,16,17). The summed E-state index contributed by atoms with van der Waals surface area (Å²) in [6.07, 6.45) is 1.66. The van der Waals surface area contributed by atoms with E-state index in [0.717, 1.165) is 0 Å². The summed E-state index contributed by atoms with van der Waals surface area (Å²) < 4.78 is 0. The Morgan fingerprint density at radius 1 is 1.24 bits per heavy atom. The molecule has 0 aliphatic rings. The lowest BCUT2D eigenvalue weighted by molar-refractivity contribution is -0.144. The van der Waals surface area contributed by atoms with Crippen molar-refractivity contribution in [1.82, 2.24) is 10.2 Å². The Morgan fingerprint density at radius 2 is 1.88 bits per heavy atom. The molecule has 0 unspecified atom stereocenters. The topological polar surface area (TPSA) is 86.7 Å². The molecule has 17 heavy (non-hydrogen) atoms. The number of hydrogen-bond donors (Lipinski definition) is 2. The maximum Gasteiger partial charge on any atom is 0.323 e. The van der Waals surface area contributed by atoms with E-state index in [0.29, 0.717) is 19.4 Å². The zero-order chi connectivity index (χ0) is 13.3. The molecule has 0 fully saturated rings. The van der Waals surface area contributed by atoms with E-state index in [1.165, 1.54) is 11.9 Å². The van der Waals surface area contributed by atoms with Crippen molar-refractivity contribution in [2.45, 2.75) is 32.6 Å². The highest BCUT2D eigenvalue weighted by Crippen LogP contribution is 2.02. The molecule has 0 spiro atoms. The van der Waals surface area contributed by atoms with Crippen LogP contribution < -0.4 is 5.32 Å². The molecule has 0 radical (unpaired) electrons. The zero-order valence-electron chi connectivity index (χ0n) is 10.4. The lowest BCUT2D eigenvalue weighted by Crippen LogP contribution is -2.36. The minimum Gasteiger partial charge on any atom is -0.480 e. The maximum absolute atomic E-state index is 11.7. The summed E-state index contributed by atoms with van der Waals surface area (Å²) in [4.78, 5) is 34.5. The number of carbonyl (C=O) groups excluding carboxylic acids is 2. The Bertz CT molecular complexity index is 279. The average molecular weight is 244 g/mol. The number of nitrogens with zero attached hydrogens (tertiary/aromatic N) is 1. The molecule has 0 saturated heterocycles. The van der Waals surface area contributed by atoms with Gasteiger partial charge in [0.2, 0.25) is 11.8 Å². The number of carboxylic acid groups (broad SMARTS) is 1. The molecular formula is C11H20N2O4. The van der Waals surface area contributed by atoms with Crippen LogP contribution in [0.15, 0.2) is 0 Å². The van der Waals surface area contributed by atoms with Crippen LogP contribution in [0.4, 0.5) is 0 Å². The average Bonchev–Trinajstić information content (AvgIpc) is 2.27. The van der Waals surface area contributed by atoms with Crippen LogP contribution in [-0.4, -0.2) is 47.9 Å². The molecule has 0 saturated carbocycles. The van der Waals surface area contributed by atoms with E-state index in [2.05, 4.69) is 5.32 Å². The fourth-order valence-corrected chi connectivity index (χ4v) is 1.41. The van der Waals surface area contributed by atoms with Crippen molar-refractivity contribution in [2.24, 2.45) is 0 Å². The molecule has 98 valence electrons. The molecule has 0 rings (SSSR count). The summed E-state index contributed by atoms with van der Waals surface area (Å²) in [5.41, 5.74) is 0. The summed E-state index contributed by atoms with van der Waals surface area (Å²) in [5, 5.41) is 11.1. The quantitative estimate of drug-likeness (QED) is 0.639. The van der Waals surface area contributed by atoms with Crippen LogP contribution >= 0.6 is 0 Å². The Balaban J connectivity index is 4.05. The van der Waals surface area contributed by atoms with Gasteiger partial charge in [-0.25, -0.2) is 0 Å². The van der Waals surface area contributed by atoms with Gasteiger partial charge in [0.25, 0.3) is 0 Å². The zero-order valence-corrected chi connectivity index (χ0v) is 10.4. The van der Waals surface area contributed by atoms with E-state index < -0.39 is 5.97 Å². The second-order valence-corrected chi connectivity index (χ2v) is 3.74. The Labute approximate surface area is 101 Å². The molecule has 0 bridgehead atoms. The van der Waals surface area contributed by atoms with E-state index in [9.17, 15) is 14.4 Å². The third kappa shape index (κ3) is 7.32. The van der Waals surface area contributed by atoms with Gasteiger partial charge in [-0.1, -0.05) is 6.92 Å². The number of rotatable bonds is 8. The molecule has 2 N–H and O–H groups in total. The number of carboxylic acids is 1. The monoisotopic (exact) mass is 244 g/mol. The van der Waals surface area contributed by atoms with Gasteiger partial charge in [0, 0.05) is 26.4 Å². The number of aliphatic carboxylic acids is 1. The molecule has 0 aliphatic carbocycles. The number of carbonyl (C=O) groups is 3. The first-order valence-electron chi connectivity index (χ1n) is 5.71. The first-order valence-corrected chi connectivity index (χ1v) is 5.71. The van der Waals surface area contributed by atoms with Crippen molar-refractivity contribution >= 4 is 17.8 Å². The van der Waals surface area contributed by atoms with Crippen molar-refractivity contribution in [1.29, 1.82) is 0 Å². The van der Waals surface area contributed by atoms with E-state index in [1.54, 1.807) is 0 Å². The normalized spacial score (nSPS) is 9.76. The second kappa shape index (κ2) is 8.55. The Hall–Kier alpha value is -1.59. The van der Waals surface area contributed by atoms with Gasteiger partial charge in [0.15, 0.2) is 0 Å². The summed E-state index contributed by atoms with van der Waals surface area (Å²) in [7, 11) is 1.54. The highest BCUT2D eigenvalue weighted by molar-refractivity contribution is 5.82. The predicted molar refractivity (Wildman–Crippen MR) is 62.4 cm³/mol. The third-order valence-electron chi connectivity index (χ3n) is 2.25. The van der Waals surface area contributed by atoms with E-state index in [-0.39, 0.29) is 31.2 Å². The van der Waals surface area contributed by atoms with Crippen molar-refractivity contribution < 1.29 is 19.5 Å². The number of hydrogen-bond acceptors (Lipinski definition) is 3. The highest BCUT2D eigenvalue weighted by atomic mass is 16.4. The summed E-state index contributed by atoms with van der Waals surface area (Å²) in [6, 6.07) is 0. The van der Waals surface area contributed by atoms with E-state index in [1.807, 2.05) is 6.92 Å². The molecule has 6 nitrogen and oxygen atoms in total. The highest BCUT2D eigenvalue weighted by Gasteiger charge is 2.15. The van der Waals surface area contributed by atoms with Gasteiger partial charge >= 0.3 is 5.97 Å². The molecule has 0 aromatic rings. The first-order chi connectivity index (χ1) is 8.01. The summed E-state index contributed by atoms with van der Waals surface area (Å²) >= 11 is 0. The van der Waals surface area contributed by atoms with E-state index >= 15 is 0 Å². The van der Waals surface area contributed by atoms with Crippen molar-refractivity contribution in [2.75, 3.05) is 20.1 Å². The second-order valence-electron chi connectivity index (χ2n) is 3.74. The van der Waals surface area contributed by atoms with Crippen LogP contribution in [0.1, 0.15) is 32.6 Å². The van der Waals surface area contributed by atoms with Crippen LogP contribution in [-0.2, 0) is 14.4 Å². The van der Waals surface area contributed by atoms with Crippen LogP contribution in [0, 0.1) is 0 Å².